The second kappa shape index (κ2) is 7.09. The number of hydrogen-bond donors (Lipinski definition) is 4. The number of anilines is 2. The third kappa shape index (κ3) is 3.07. The normalized spacial score (nSPS) is 28.8. The summed E-state index contributed by atoms with van der Waals surface area (Å²) in [7, 11) is -3.80. The molecule has 0 amide bonds. The molecule has 1 saturated carbocycles. The van der Waals surface area contributed by atoms with Gasteiger partial charge in [-0.25, -0.2) is 28.1 Å². The molecule has 1 unspecified atom stereocenters. The number of hydrogen-bond acceptors (Lipinski definition) is 9. The summed E-state index contributed by atoms with van der Waals surface area (Å²) in [5.41, 5.74) is 0.391. The van der Waals surface area contributed by atoms with Gasteiger partial charge in [0.05, 0.1) is 12.4 Å². The molecular formula is C20H18N6O5S. The van der Waals surface area contributed by atoms with Crippen molar-refractivity contribution in [3.63, 3.8) is 0 Å². The third-order valence-electron chi connectivity index (χ3n) is 5.61. The van der Waals surface area contributed by atoms with E-state index in [9.17, 15) is 18.6 Å². The molecule has 2 fully saturated rings. The molecule has 2 aromatic heterocycles. The number of fused-ring (bicyclic) bond motifs is 2. The van der Waals surface area contributed by atoms with E-state index < -0.39 is 40.1 Å². The van der Waals surface area contributed by atoms with Crippen LogP contribution in [-0.2, 0) is 14.8 Å². The van der Waals surface area contributed by atoms with E-state index in [1.165, 1.54) is 17.2 Å². The molecule has 0 radical (unpaired) electrons. The lowest BCUT2D eigenvalue weighted by Crippen LogP contribution is -2.42. The Labute approximate surface area is 182 Å². The van der Waals surface area contributed by atoms with Gasteiger partial charge in [0.2, 0.25) is 10.0 Å². The molecule has 1 aliphatic heterocycles. The maximum atomic E-state index is 11.7. The van der Waals surface area contributed by atoms with Gasteiger partial charge >= 0.3 is 0 Å². The molecule has 0 spiro atoms. The Balaban J connectivity index is 1.42. The number of imidazole rings is 1. The number of sulfonamides is 1. The Bertz CT molecular complexity index is 1380. The molecule has 1 aromatic carbocycles. The minimum Gasteiger partial charge on any atom is -0.385 e. The summed E-state index contributed by atoms with van der Waals surface area (Å²) >= 11 is 0. The van der Waals surface area contributed by atoms with E-state index in [0.29, 0.717) is 28.2 Å². The van der Waals surface area contributed by atoms with Gasteiger partial charge in [0.25, 0.3) is 0 Å². The average molecular weight is 454 g/mol. The third-order valence-corrected chi connectivity index (χ3v) is 6.63. The fourth-order valence-electron chi connectivity index (χ4n) is 3.91. The van der Waals surface area contributed by atoms with Crippen LogP contribution >= 0.6 is 0 Å². The summed E-state index contributed by atoms with van der Waals surface area (Å²) in [5, 5.41) is 25.4. The summed E-state index contributed by atoms with van der Waals surface area (Å²) in [6.07, 6.45) is 4.80. The van der Waals surface area contributed by atoms with Crippen molar-refractivity contribution < 1.29 is 23.4 Å². The molecule has 164 valence electrons. The molecule has 3 heterocycles. The van der Waals surface area contributed by atoms with E-state index in [2.05, 4.69) is 37.5 Å². The van der Waals surface area contributed by atoms with Gasteiger partial charge in [-0.1, -0.05) is 18.6 Å². The molecule has 2 aliphatic rings. The highest BCUT2D eigenvalue weighted by atomic mass is 32.2. The highest BCUT2D eigenvalue weighted by molar-refractivity contribution is 7.92. The van der Waals surface area contributed by atoms with Crippen molar-refractivity contribution in [3.05, 3.63) is 54.5 Å². The zero-order valence-electron chi connectivity index (χ0n) is 16.5. The van der Waals surface area contributed by atoms with Crippen LogP contribution in [0.5, 0.6) is 0 Å². The van der Waals surface area contributed by atoms with E-state index in [1.54, 1.807) is 18.2 Å². The highest BCUT2D eigenvalue weighted by Crippen LogP contribution is 2.54. The van der Waals surface area contributed by atoms with Crippen LogP contribution in [0.1, 0.15) is 11.8 Å². The minimum absolute atomic E-state index is 0.354. The van der Waals surface area contributed by atoms with Crippen LogP contribution in [0.3, 0.4) is 0 Å². The average Bonchev–Trinajstić information content (AvgIpc) is 3.07. The molecule has 1 aliphatic carbocycles. The number of nitrogens with one attached hydrogen (secondary N) is 2. The van der Waals surface area contributed by atoms with E-state index in [0.717, 1.165) is 5.41 Å². The SMILES string of the molecule is C#Cc1cccc(Nc2ncnc3c2ncn3[C@@H]2O[C@@H]3C(NS(=O)(=O)C=C)[C@]3(O)[C@H]2O)c1. The van der Waals surface area contributed by atoms with Crippen molar-refractivity contribution >= 4 is 32.7 Å². The van der Waals surface area contributed by atoms with E-state index in [1.807, 2.05) is 6.07 Å². The van der Waals surface area contributed by atoms with Gasteiger partial charge in [0, 0.05) is 16.7 Å². The van der Waals surface area contributed by atoms with E-state index in [-0.39, 0.29) is 0 Å². The van der Waals surface area contributed by atoms with Crippen LogP contribution in [0.15, 0.2) is 48.9 Å². The summed E-state index contributed by atoms with van der Waals surface area (Å²) in [6, 6.07) is 6.22. The molecule has 0 bridgehead atoms. The van der Waals surface area contributed by atoms with Crippen LogP contribution in [0, 0.1) is 12.3 Å². The number of benzene rings is 1. The summed E-state index contributed by atoms with van der Waals surface area (Å²) in [5.74, 6) is 2.97. The number of aliphatic hydroxyl groups excluding tert-OH is 1. The number of rotatable bonds is 6. The van der Waals surface area contributed by atoms with Crippen molar-refractivity contribution in [2.24, 2.45) is 0 Å². The summed E-state index contributed by atoms with van der Waals surface area (Å²) in [4.78, 5) is 12.8. The van der Waals surface area contributed by atoms with Gasteiger partial charge in [0.15, 0.2) is 23.2 Å². The summed E-state index contributed by atoms with van der Waals surface area (Å²) < 4.78 is 32.9. The Morgan fingerprint density at radius 2 is 2.16 bits per heavy atom. The second-order valence-electron chi connectivity index (χ2n) is 7.48. The fraction of sp³-hybridized carbons (Fsp3) is 0.250. The summed E-state index contributed by atoms with van der Waals surface area (Å²) in [6.45, 7) is 3.21. The molecule has 4 N–H and O–H groups in total. The van der Waals surface area contributed by atoms with Crippen LogP contribution in [0.4, 0.5) is 11.5 Å². The highest BCUT2D eigenvalue weighted by Gasteiger charge is 2.77. The van der Waals surface area contributed by atoms with Crippen molar-refractivity contribution in [2.75, 3.05) is 5.32 Å². The lowest BCUT2D eigenvalue weighted by Gasteiger charge is -2.23. The monoisotopic (exact) mass is 454 g/mol. The topological polar surface area (TPSA) is 151 Å². The number of ether oxygens (including phenoxy) is 1. The number of aromatic nitrogens is 4. The van der Waals surface area contributed by atoms with Gasteiger partial charge in [-0.3, -0.25) is 4.57 Å². The van der Waals surface area contributed by atoms with Gasteiger partial charge in [-0.05, 0) is 18.2 Å². The maximum Gasteiger partial charge on any atom is 0.233 e. The first-order valence-corrected chi connectivity index (χ1v) is 11.0. The van der Waals surface area contributed by atoms with Crippen molar-refractivity contribution in [2.45, 2.75) is 30.1 Å². The van der Waals surface area contributed by atoms with E-state index >= 15 is 0 Å². The smallest absolute Gasteiger partial charge is 0.233 e. The first-order chi connectivity index (χ1) is 15.3. The van der Waals surface area contributed by atoms with Gasteiger partial charge in [0.1, 0.15) is 24.1 Å². The van der Waals surface area contributed by atoms with Crippen LogP contribution < -0.4 is 10.0 Å². The molecule has 32 heavy (non-hydrogen) atoms. The lowest BCUT2D eigenvalue weighted by molar-refractivity contribution is -0.0685. The van der Waals surface area contributed by atoms with Crippen molar-refractivity contribution in [1.82, 2.24) is 24.2 Å². The molecule has 11 nitrogen and oxygen atoms in total. The molecule has 12 heteroatoms. The molecule has 5 rings (SSSR count). The van der Waals surface area contributed by atoms with E-state index in [4.69, 9.17) is 11.2 Å². The standard InChI is InChI=1S/C20H18N6O5S/c1-3-11-6-5-7-12(8-11)24-17-13-18(22-9-21-17)26(10-23-13)19-15(27)20(28)14(16(20)31-19)25-32(29,30)4-2/h1,4-10,14-16,19,25,27-28H,2H2,(H,21,22,24)/t14?,15-,16+,19+,20-/m0/s1. The minimum atomic E-state index is -3.80. The molecule has 1 saturated heterocycles. The fourth-order valence-corrected chi connectivity index (χ4v) is 4.67. The van der Waals surface area contributed by atoms with Crippen LogP contribution in [-0.4, -0.2) is 62.0 Å². The lowest BCUT2D eigenvalue weighted by atomic mass is 10.1. The number of nitrogens with zero attached hydrogens (tertiary/aromatic N) is 4. The second-order valence-corrected chi connectivity index (χ2v) is 9.14. The zero-order valence-corrected chi connectivity index (χ0v) is 17.3. The zero-order chi connectivity index (χ0) is 22.7. The number of terminal acetylenes is 1. The number of aliphatic hydroxyl groups is 2. The Kier molecular flexibility index (Phi) is 4.55. The first-order valence-electron chi connectivity index (χ1n) is 9.50. The predicted octanol–water partition coefficient (Wildman–Crippen LogP) is -0.0143. The molecule has 5 atom stereocenters. The Morgan fingerprint density at radius 3 is 2.84 bits per heavy atom. The quantitative estimate of drug-likeness (QED) is 0.377. The van der Waals surface area contributed by atoms with Gasteiger partial charge in [-0.15, -0.1) is 6.42 Å². The van der Waals surface area contributed by atoms with Crippen molar-refractivity contribution in [1.29, 1.82) is 0 Å². The van der Waals surface area contributed by atoms with Gasteiger partial charge < -0.3 is 20.3 Å². The van der Waals surface area contributed by atoms with Crippen LogP contribution in [0.25, 0.3) is 11.2 Å². The Morgan fingerprint density at radius 1 is 1.34 bits per heavy atom. The maximum absolute atomic E-state index is 11.7. The molecular weight excluding hydrogens is 436 g/mol. The first kappa shape index (κ1) is 20.6. The van der Waals surface area contributed by atoms with Gasteiger partial charge in [-0.2, -0.15) is 0 Å². The van der Waals surface area contributed by atoms with Crippen molar-refractivity contribution in [3.8, 4) is 12.3 Å². The largest absolute Gasteiger partial charge is 0.385 e. The molecule has 3 aromatic rings. The van der Waals surface area contributed by atoms with Crippen LogP contribution in [0.2, 0.25) is 0 Å². The predicted molar refractivity (Wildman–Crippen MR) is 114 cm³/mol. The Hall–Kier alpha value is -3.34.